The number of nitrogens with zero attached hydrogens (tertiary/aromatic N) is 4. The van der Waals surface area contributed by atoms with E-state index in [-0.39, 0.29) is 12.1 Å². The summed E-state index contributed by atoms with van der Waals surface area (Å²) in [5.74, 6) is 1.48. The smallest absolute Gasteiger partial charge is 0.258 e. The van der Waals surface area contributed by atoms with Crippen LogP contribution in [0.5, 0.6) is 5.75 Å². The fourth-order valence-corrected chi connectivity index (χ4v) is 4.25. The maximum Gasteiger partial charge on any atom is 0.258 e. The van der Waals surface area contributed by atoms with Gasteiger partial charge < -0.3 is 19.6 Å². The first-order chi connectivity index (χ1) is 16.1. The number of rotatable bonds is 7. The number of aromatic amines is 1. The third-order valence-corrected chi connectivity index (χ3v) is 5.74. The van der Waals surface area contributed by atoms with Gasteiger partial charge in [-0.2, -0.15) is 10.2 Å². The fourth-order valence-electron chi connectivity index (χ4n) is 4.25. The molecule has 4 aromatic rings. The molecule has 2 N–H and O–H groups in total. The van der Waals surface area contributed by atoms with E-state index in [1.807, 2.05) is 38.2 Å². The van der Waals surface area contributed by atoms with E-state index >= 15 is 0 Å². The third-order valence-electron chi connectivity index (χ3n) is 5.74. The zero-order valence-electron chi connectivity index (χ0n) is 18.5. The number of fused-ring (bicyclic) bond motifs is 1. The van der Waals surface area contributed by atoms with E-state index in [0.29, 0.717) is 28.6 Å². The summed E-state index contributed by atoms with van der Waals surface area (Å²) in [5, 5.41) is 17.4. The second kappa shape index (κ2) is 8.88. The molecule has 1 aliphatic rings. The van der Waals surface area contributed by atoms with Crippen LogP contribution in [-0.2, 0) is 13.0 Å². The van der Waals surface area contributed by atoms with Gasteiger partial charge in [-0.05, 0) is 56.0 Å². The molecule has 33 heavy (non-hydrogen) atoms. The Hall–Kier alpha value is -3.96. The Labute approximate surface area is 191 Å². The average molecular weight is 441 g/mol. The van der Waals surface area contributed by atoms with E-state index in [2.05, 4.69) is 37.6 Å². The average Bonchev–Trinajstić information content (AvgIpc) is 3.58. The first kappa shape index (κ1) is 20.9. The van der Waals surface area contributed by atoms with Crippen LogP contribution in [0.25, 0.3) is 22.8 Å². The molecular weight excluding hydrogens is 416 g/mol. The molecule has 1 atom stereocenters. The molecule has 8 heteroatoms. The van der Waals surface area contributed by atoms with Gasteiger partial charge in [0.15, 0.2) is 0 Å². The van der Waals surface area contributed by atoms with Crippen LogP contribution in [-0.4, -0.2) is 26.2 Å². The number of aromatic nitrogens is 4. The van der Waals surface area contributed by atoms with Gasteiger partial charge in [-0.15, -0.1) is 0 Å². The van der Waals surface area contributed by atoms with Gasteiger partial charge in [0, 0.05) is 35.6 Å². The summed E-state index contributed by atoms with van der Waals surface area (Å²) in [6, 6.07) is 14.0. The molecule has 166 valence electrons. The Bertz CT molecular complexity index is 1300. The lowest BCUT2D eigenvalue weighted by molar-refractivity contribution is 0.241. The standard InChI is InChI=1S/C25H24N6O2/c1-15(2)32-23-9-6-16(10-17(23)11-26)25-30-24(31-33-25)21-5-3-4-20-19(21)7-8-22(20)28-13-18-12-27-14-29-18/h3-6,9-10,12,14-15,22,28H,7-8,13H2,1-2H3,(H,27,29)/t22-/m0/s1. The summed E-state index contributed by atoms with van der Waals surface area (Å²) in [7, 11) is 0. The van der Waals surface area contributed by atoms with E-state index in [1.54, 1.807) is 18.5 Å². The van der Waals surface area contributed by atoms with Crippen LogP contribution in [0, 0.1) is 11.3 Å². The molecule has 0 spiro atoms. The van der Waals surface area contributed by atoms with Crippen LogP contribution < -0.4 is 10.1 Å². The number of ether oxygens (including phenoxy) is 1. The number of hydrogen-bond donors (Lipinski definition) is 2. The predicted octanol–water partition coefficient (Wildman–Crippen LogP) is 4.56. The van der Waals surface area contributed by atoms with Gasteiger partial charge in [-0.25, -0.2) is 4.98 Å². The summed E-state index contributed by atoms with van der Waals surface area (Å²) in [6.45, 7) is 4.59. The van der Waals surface area contributed by atoms with Crippen LogP contribution in [0.4, 0.5) is 0 Å². The zero-order valence-corrected chi connectivity index (χ0v) is 18.5. The Morgan fingerprint density at radius 3 is 3.00 bits per heavy atom. The molecule has 5 rings (SSSR count). The van der Waals surface area contributed by atoms with Crippen molar-refractivity contribution in [3.8, 4) is 34.7 Å². The topological polar surface area (TPSA) is 113 Å². The molecule has 0 saturated heterocycles. The Kier molecular flexibility index (Phi) is 5.63. The van der Waals surface area contributed by atoms with E-state index in [0.717, 1.165) is 30.6 Å². The van der Waals surface area contributed by atoms with Crippen LogP contribution >= 0.6 is 0 Å². The van der Waals surface area contributed by atoms with Gasteiger partial charge >= 0.3 is 0 Å². The summed E-state index contributed by atoms with van der Waals surface area (Å²) in [6.07, 6.45) is 5.45. The van der Waals surface area contributed by atoms with E-state index < -0.39 is 0 Å². The lowest BCUT2D eigenvalue weighted by atomic mass is 10.0. The number of nitrogens with one attached hydrogen (secondary N) is 2. The molecule has 8 nitrogen and oxygen atoms in total. The number of imidazole rings is 1. The largest absolute Gasteiger partial charge is 0.490 e. The van der Waals surface area contributed by atoms with Gasteiger partial charge in [0.05, 0.1) is 18.0 Å². The highest BCUT2D eigenvalue weighted by Crippen LogP contribution is 2.37. The number of nitriles is 1. The van der Waals surface area contributed by atoms with Gasteiger partial charge in [0.2, 0.25) is 5.82 Å². The Morgan fingerprint density at radius 2 is 2.21 bits per heavy atom. The first-order valence-corrected chi connectivity index (χ1v) is 11.0. The van der Waals surface area contributed by atoms with Crippen molar-refractivity contribution in [2.45, 2.75) is 45.4 Å². The Balaban J connectivity index is 1.39. The molecule has 0 unspecified atom stereocenters. The lowest BCUT2D eigenvalue weighted by Crippen LogP contribution is -2.18. The molecule has 0 bridgehead atoms. The molecule has 2 aromatic carbocycles. The highest BCUT2D eigenvalue weighted by atomic mass is 16.5. The fraction of sp³-hybridized carbons (Fsp3) is 0.280. The van der Waals surface area contributed by atoms with Crippen molar-refractivity contribution >= 4 is 0 Å². The number of H-pyrrole nitrogens is 1. The maximum atomic E-state index is 9.51. The van der Waals surface area contributed by atoms with Crippen molar-refractivity contribution in [3.05, 3.63) is 71.3 Å². The molecule has 0 radical (unpaired) electrons. The molecule has 0 aliphatic heterocycles. The molecule has 0 amide bonds. The van der Waals surface area contributed by atoms with E-state index in [1.165, 1.54) is 11.1 Å². The molecule has 2 aromatic heterocycles. The normalized spacial score (nSPS) is 14.9. The highest BCUT2D eigenvalue weighted by molar-refractivity contribution is 5.67. The minimum Gasteiger partial charge on any atom is -0.490 e. The van der Waals surface area contributed by atoms with Crippen LogP contribution in [0.15, 0.2) is 53.4 Å². The second-order valence-electron chi connectivity index (χ2n) is 8.33. The van der Waals surface area contributed by atoms with E-state index in [4.69, 9.17) is 9.26 Å². The summed E-state index contributed by atoms with van der Waals surface area (Å²) < 4.78 is 11.3. The summed E-state index contributed by atoms with van der Waals surface area (Å²) in [5.41, 5.74) is 5.67. The summed E-state index contributed by atoms with van der Waals surface area (Å²) in [4.78, 5) is 11.8. The molecular formula is C25H24N6O2. The van der Waals surface area contributed by atoms with E-state index in [9.17, 15) is 5.26 Å². The summed E-state index contributed by atoms with van der Waals surface area (Å²) >= 11 is 0. The van der Waals surface area contributed by atoms with Gasteiger partial charge in [0.25, 0.3) is 5.89 Å². The number of benzene rings is 2. The van der Waals surface area contributed by atoms with Crippen molar-refractivity contribution < 1.29 is 9.26 Å². The quantitative estimate of drug-likeness (QED) is 0.433. The SMILES string of the molecule is CC(C)Oc1ccc(-c2nc(-c3cccc4c3CC[C@@H]4NCc3cnc[nH]3)no2)cc1C#N. The lowest BCUT2D eigenvalue weighted by Gasteiger charge is -2.13. The van der Waals surface area contributed by atoms with Crippen LogP contribution in [0.2, 0.25) is 0 Å². The van der Waals surface area contributed by atoms with Crippen molar-refractivity contribution in [2.24, 2.45) is 0 Å². The van der Waals surface area contributed by atoms with Gasteiger partial charge in [-0.3, -0.25) is 0 Å². The molecule has 0 fully saturated rings. The third kappa shape index (κ3) is 4.23. The predicted molar refractivity (Wildman–Crippen MR) is 122 cm³/mol. The van der Waals surface area contributed by atoms with Crippen molar-refractivity contribution in [1.82, 2.24) is 25.4 Å². The van der Waals surface area contributed by atoms with Gasteiger partial charge in [0.1, 0.15) is 11.8 Å². The zero-order chi connectivity index (χ0) is 22.8. The number of hydrogen-bond acceptors (Lipinski definition) is 7. The first-order valence-electron chi connectivity index (χ1n) is 11.0. The van der Waals surface area contributed by atoms with Crippen LogP contribution in [0.3, 0.4) is 0 Å². The second-order valence-corrected chi connectivity index (χ2v) is 8.33. The highest BCUT2D eigenvalue weighted by Gasteiger charge is 2.26. The molecule has 0 saturated carbocycles. The minimum atomic E-state index is -0.0177. The molecule has 1 aliphatic carbocycles. The van der Waals surface area contributed by atoms with Crippen molar-refractivity contribution in [2.75, 3.05) is 0 Å². The maximum absolute atomic E-state index is 9.51. The van der Waals surface area contributed by atoms with Gasteiger partial charge in [-0.1, -0.05) is 23.4 Å². The minimum absolute atomic E-state index is 0.0177. The van der Waals surface area contributed by atoms with Crippen LogP contribution in [0.1, 0.15) is 48.7 Å². The molecule has 2 heterocycles. The Morgan fingerprint density at radius 1 is 1.30 bits per heavy atom. The van der Waals surface area contributed by atoms with Crippen molar-refractivity contribution in [1.29, 1.82) is 5.26 Å². The monoisotopic (exact) mass is 440 g/mol. The van der Waals surface area contributed by atoms with Crippen molar-refractivity contribution in [3.63, 3.8) is 0 Å².